The highest BCUT2D eigenvalue weighted by Crippen LogP contribution is 2.39. The first-order valence-electron chi connectivity index (χ1n) is 11.6. The Balaban J connectivity index is 1.42. The zero-order chi connectivity index (χ0) is 23.5. The van der Waals surface area contributed by atoms with Crippen LogP contribution in [0.15, 0.2) is 42.0 Å². The average Bonchev–Trinajstić information content (AvgIpc) is 2.76. The van der Waals surface area contributed by atoms with E-state index in [4.69, 9.17) is 26.2 Å². The summed E-state index contributed by atoms with van der Waals surface area (Å²) in [7, 11) is 1.68. The van der Waals surface area contributed by atoms with Crippen LogP contribution in [0.4, 0.5) is 0 Å². The SMILES string of the molecule is COc1cc2c(cc1OC[C@@H](C)Cc1ccc(Cl)cc1)CCC(CN1CC(C(=O)O)C1)=C2C. The van der Waals surface area contributed by atoms with Crippen LogP contribution in [-0.2, 0) is 17.6 Å². The average molecular weight is 470 g/mol. The summed E-state index contributed by atoms with van der Waals surface area (Å²) in [6.07, 6.45) is 2.87. The van der Waals surface area contributed by atoms with Crippen molar-refractivity contribution in [3.05, 3.63) is 63.7 Å². The van der Waals surface area contributed by atoms with Crippen LogP contribution in [0.25, 0.3) is 5.57 Å². The number of hydrogen-bond acceptors (Lipinski definition) is 4. The fraction of sp³-hybridized carbons (Fsp3) is 0.444. The van der Waals surface area contributed by atoms with Crippen LogP contribution in [0, 0.1) is 11.8 Å². The maximum atomic E-state index is 11.1. The van der Waals surface area contributed by atoms with Gasteiger partial charge in [-0.15, -0.1) is 0 Å². The number of benzene rings is 2. The number of ether oxygens (including phenoxy) is 2. The van der Waals surface area contributed by atoms with Crippen molar-refractivity contribution < 1.29 is 19.4 Å². The second-order valence-electron chi connectivity index (χ2n) is 9.36. The third-order valence-electron chi connectivity index (χ3n) is 6.76. The summed E-state index contributed by atoms with van der Waals surface area (Å²) in [6, 6.07) is 12.2. The zero-order valence-electron chi connectivity index (χ0n) is 19.6. The number of carboxylic acids is 1. The third-order valence-corrected chi connectivity index (χ3v) is 7.01. The van der Waals surface area contributed by atoms with Gasteiger partial charge < -0.3 is 14.6 Å². The molecule has 0 bridgehead atoms. The van der Waals surface area contributed by atoms with Crippen LogP contribution in [0.3, 0.4) is 0 Å². The van der Waals surface area contributed by atoms with Gasteiger partial charge in [0, 0.05) is 24.7 Å². The van der Waals surface area contributed by atoms with Crippen molar-refractivity contribution >= 4 is 23.1 Å². The Labute approximate surface area is 201 Å². The van der Waals surface area contributed by atoms with Crippen molar-refractivity contribution in [3.8, 4) is 11.5 Å². The van der Waals surface area contributed by atoms with Crippen molar-refractivity contribution in [3.63, 3.8) is 0 Å². The van der Waals surface area contributed by atoms with E-state index in [1.54, 1.807) is 7.11 Å². The van der Waals surface area contributed by atoms with E-state index in [0.29, 0.717) is 25.6 Å². The molecular weight excluding hydrogens is 438 g/mol. The minimum Gasteiger partial charge on any atom is -0.493 e. The first-order chi connectivity index (χ1) is 15.8. The molecule has 4 rings (SSSR count). The molecule has 1 fully saturated rings. The van der Waals surface area contributed by atoms with Crippen molar-refractivity contribution in [1.82, 2.24) is 4.90 Å². The van der Waals surface area contributed by atoms with E-state index in [1.165, 1.54) is 27.8 Å². The van der Waals surface area contributed by atoms with Gasteiger partial charge in [-0.25, -0.2) is 0 Å². The topological polar surface area (TPSA) is 59.0 Å². The molecule has 1 N–H and O–H groups in total. The molecule has 0 saturated carbocycles. The number of carbonyl (C=O) groups is 1. The Morgan fingerprint density at radius 3 is 2.58 bits per heavy atom. The summed E-state index contributed by atoms with van der Waals surface area (Å²) >= 11 is 5.99. The lowest BCUT2D eigenvalue weighted by Crippen LogP contribution is -2.50. The first-order valence-corrected chi connectivity index (χ1v) is 11.9. The van der Waals surface area contributed by atoms with Crippen LogP contribution in [0.2, 0.25) is 5.02 Å². The summed E-state index contributed by atoms with van der Waals surface area (Å²) in [5.74, 6) is 0.992. The van der Waals surface area contributed by atoms with Gasteiger partial charge in [0.05, 0.1) is 19.6 Å². The lowest BCUT2D eigenvalue weighted by Gasteiger charge is -2.38. The van der Waals surface area contributed by atoms with E-state index in [2.05, 4.69) is 43.0 Å². The van der Waals surface area contributed by atoms with Crippen LogP contribution in [0.1, 0.15) is 37.0 Å². The molecule has 0 spiro atoms. The minimum absolute atomic E-state index is 0.219. The van der Waals surface area contributed by atoms with Gasteiger partial charge in [-0.2, -0.15) is 0 Å². The number of aliphatic carboxylic acids is 1. The Morgan fingerprint density at radius 1 is 1.18 bits per heavy atom. The number of nitrogens with zero attached hydrogens (tertiary/aromatic N) is 1. The molecule has 1 saturated heterocycles. The Bertz CT molecular complexity index is 1040. The van der Waals surface area contributed by atoms with Gasteiger partial charge in [-0.3, -0.25) is 9.69 Å². The van der Waals surface area contributed by atoms with Gasteiger partial charge in [-0.1, -0.05) is 36.2 Å². The first kappa shape index (κ1) is 23.7. The summed E-state index contributed by atoms with van der Waals surface area (Å²) in [5.41, 5.74) is 6.40. The lowest BCUT2D eigenvalue weighted by atomic mass is 9.85. The number of likely N-dealkylation sites (tertiary alicyclic amines) is 1. The number of carboxylic acid groups (broad SMARTS) is 1. The standard InChI is InChI=1S/C27H32ClNO4/c1-17(10-19-4-8-23(28)9-5-19)16-33-26-11-20-6-7-21(13-29-14-22(15-29)27(30)31)18(2)24(20)12-25(26)32-3/h4-5,8-9,11-12,17,22H,6-7,10,13-16H2,1-3H3,(H,30,31)/t17-/m0/s1. The van der Waals surface area contributed by atoms with Crippen molar-refractivity contribution in [2.75, 3.05) is 33.4 Å². The molecule has 6 heteroatoms. The molecule has 5 nitrogen and oxygen atoms in total. The van der Waals surface area contributed by atoms with E-state index in [9.17, 15) is 4.79 Å². The fourth-order valence-electron chi connectivity index (χ4n) is 4.73. The second-order valence-corrected chi connectivity index (χ2v) is 9.80. The van der Waals surface area contributed by atoms with E-state index in [-0.39, 0.29) is 5.92 Å². The van der Waals surface area contributed by atoms with Gasteiger partial charge in [0.15, 0.2) is 11.5 Å². The van der Waals surface area contributed by atoms with Crippen LogP contribution >= 0.6 is 11.6 Å². The highest BCUT2D eigenvalue weighted by Gasteiger charge is 2.33. The van der Waals surface area contributed by atoms with Crippen molar-refractivity contribution in [1.29, 1.82) is 0 Å². The van der Waals surface area contributed by atoms with Crippen LogP contribution < -0.4 is 9.47 Å². The largest absolute Gasteiger partial charge is 0.493 e. The Hall–Kier alpha value is -2.50. The van der Waals surface area contributed by atoms with Crippen LogP contribution in [0.5, 0.6) is 11.5 Å². The predicted molar refractivity (Wildman–Crippen MR) is 131 cm³/mol. The van der Waals surface area contributed by atoms with E-state index < -0.39 is 5.97 Å². The number of fused-ring (bicyclic) bond motifs is 1. The third kappa shape index (κ3) is 5.53. The minimum atomic E-state index is -0.689. The number of halogens is 1. The summed E-state index contributed by atoms with van der Waals surface area (Å²) in [6.45, 7) is 7.08. The van der Waals surface area contributed by atoms with E-state index in [1.807, 2.05) is 12.1 Å². The summed E-state index contributed by atoms with van der Waals surface area (Å²) in [4.78, 5) is 13.3. The molecule has 0 amide bonds. The molecule has 176 valence electrons. The fourth-order valence-corrected chi connectivity index (χ4v) is 4.86. The molecule has 1 aliphatic heterocycles. The highest BCUT2D eigenvalue weighted by molar-refractivity contribution is 6.30. The van der Waals surface area contributed by atoms with Gasteiger partial charge in [0.2, 0.25) is 0 Å². The smallest absolute Gasteiger partial charge is 0.309 e. The van der Waals surface area contributed by atoms with Crippen LogP contribution in [-0.4, -0.2) is 49.3 Å². The van der Waals surface area contributed by atoms with E-state index >= 15 is 0 Å². The van der Waals surface area contributed by atoms with Gasteiger partial charge in [-0.05, 0) is 78.6 Å². The van der Waals surface area contributed by atoms with E-state index in [0.717, 1.165) is 42.3 Å². The zero-order valence-corrected chi connectivity index (χ0v) is 20.3. The molecular formula is C27H32ClNO4. The molecule has 2 aliphatic rings. The predicted octanol–water partition coefficient (Wildman–Crippen LogP) is 5.34. The summed E-state index contributed by atoms with van der Waals surface area (Å²) in [5, 5.41) is 9.87. The lowest BCUT2D eigenvalue weighted by molar-refractivity contribution is -0.147. The maximum Gasteiger partial charge on any atom is 0.309 e. The van der Waals surface area contributed by atoms with Crippen molar-refractivity contribution in [2.24, 2.45) is 11.8 Å². The Kier molecular flexibility index (Phi) is 7.30. The molecule has 33 heavy (non-hydrogen) atoms. The second kappa shape index (κ2) is 10.2. The quantitative estimate of drug-likeness (QED) is 0.537. The number of hydrogen-bond donors (Lipinski definition) is 1. The number of methoxy groups -OCH3 is 1. The molecule has 0 aromatic heterocycles. The normalized spacial score (nSPS) is 17.3. The molecule has 1 aliphatic carbocycles. The Morgan fingerprint density at radius 2 is 1.91 bits per heavy atom. The highest BCUT2D eigenvalue weighted by atomic mass is 35.5. The molecule has 1 heterocycles. The molecule has 1 atom stereocenters. The number of allylic oxidation sites excluding steroid dienone is 1. The van der Waals surface area contributed by atoms with Gasteiger partial charge in [0.1, 0.15) is 0 Å². The maximum absolute atomic E-state index is 11.1. The number of rotatable bonds is 9. The summed E-state index contributed by atoms with van der Waals surface area (Å²) < 4.78 is 11.9. The monoisotopic (exact) mass is 469 g/mol. The number of aryl methyl sites for hydroxylation is 1. The van der Waals surface area contributed by atoms with Crippen molar-refractivity contribution in [2.45, 2.75) is 33.1 Å². The van der Waals surface area contributed by atoms with Gasteiger partial charge >= 0.3 is 5.97 Å². The molecule has 2 aromatic rings. The molecule has 0 unspecified atom stereocenters. The molecule has 2 aromatic carbocycles. The molecule has 0 radical (unpaired) electrons. The van der Waals surface area contributed by atoms with Gasteiger partial charge in [0.25, 0.3) is 0 Å².